The highest BCUT2D eigenvalue weighted by atomic mass is 16.5. The second-order valence-corrected chi connectivity index (χ2v) is 10.3. The first-order chi connectivity index (χ1) is 19.4. The maximum Gasteiger partial charge on any atom is 0.407 e. The van der Waals surface area contributed by atoms with E-state index in [2.05, 4.69) is 17.4 Å². The van der Waals surface area contributed by atoms with Crippen molar-refractivity contribution in [2.45, 2.75) is 56.9 Å². The summed E-state index contributed by atoms with van der Waals surface area (Å²) in [7, 11) is 0. The molecule has 0 aromatic heterocycles. The average molecular weight is 543 g/mol. The third-order valence-electron chi connectivity index (χ3n) is 7.78. The van der Waals surface area contributed by atoms with Gasteiger partial charge < -0.3 is 24.8 Å². The number of aliphatic carboxylic acids is 1. The van der Waals surface area contributed by atoms with Crippen molar-refractivity contribution in [2.75, 3.05) is 13.2 Å². The highest BCUT2D eigenvalue weighted by Crippen LogP contribution is 2.44. The molecule has 0 bridgehead atoms. The van der Waals surface area contributed by atoms with Gasteiger partial charge in [-0.25, -0.2) is 9.59 Å². The van der Waals surface area contributed by atoms with Crippen LogP contribution in [0, 0.1) is 0 Å². The third kappa shape index (κ3) is 5.87. The topological polar surface area (TPSA) is 105 Å². The number of nitrogens with zero attached hydrogens (tertiary/aromatic N) is 1. The Morgan fingerprint density at radius 1 is 0.925 bits per heavy atom. The zero-order chi connectivity index (χ0) is 28.1. The Balaban J connectivity index is 1.31. The number of rotatable bonds is 9. The Labute approximate surface area is 233 Å². The molecule has 0 radical (unpaired) electrons. The molecular weight excluding hydrogens is 508 g/mol. The fourth-order valence-corrected chi connectivity index (χ4v) is 5.68. The summed E-state index contributed by atoms with van der Waals surface area (Å²) in [4.78, 5) is 40.1. The minimum atomic E-state index is -1.11. The Hall–Kier alpha value is -4.17. The van der Waals surface area contributed by atoms with Gasteiger partial charge in [0.05, 0.1) is 12.7 Å². The maximum atomic E-state index is 13.7. The number of nitrogens with one attached hydrogen (secondary N) is 1. The molecule has 3 aromatic rings. The molecule has 1 fully saturated rings. The van der Waals surface area contributed by atoms with Gasteiger partial charge in [-0.2, -0.15) is 0 Å². The van der Waals surface area contributed by atoms with E-state index in [1.807, 2.05) is 66.7 Å². The number of benzene rings is 3. The molecule has 0 spiro atoms. The third-order valence-corrected chi connectivity index (χ3v) is 7.78. The molecule has 40 heavy (non-hydrogen) atoms. The van der Waals surface area contributed by atoms with Crippen molar-refractivity contribution in [1.29, 1.82) is 0 Å². The zero-order valence-corrected chi connectivity index (χ0v) is 22.5. The summed E-state index contributed by atoms with van der Waals surface area (Å²) < 4.78 is 11.7. The van der Waals surface area contributed by atoms with Crippen molar-refractivity contribution in [2.24, 2.45) is 0 Å². The van der Waals surface area contributed by atoms with Gasteiger partial charge in [-0.05, 0) is 54.0 Å². The largest absolute Gasteiger partial charge is 0.480 e. The van der Waals surface area contributed by atoms with E-state index in [9.17, 15) is 19.5 Å². The Kier molecular flexibility index (Phi) is 8.45. The average Bonchev–Trinajstić information content (AvgIpc) is 3.31. The zero-order valence-electron chi connectivity index (χ0n) is 22.5. The number of likely N-dealkylation sites (tertiary alicyclic amines) is 1. The van der Waals surface area contributed by atoms with E-state index in [1.54, 1.807) is 6.92 Å². The number of carbonyl (C=O) groups excluding carboxylic acids is 2. The molecule has 1 aliphatic carbocycles. The molecule has 8 heteroatoms. The number of alkyl carbamates (subject to hydrolysis) is 1. The lowest BCUT2D eigenvalue weighted by atomic mass is 9.98. The monoisotopic (exact) mass is 542 g/mol. The van der Waals surface area contributed by atoms with E-state index in [0.717, 1.165) is 34.2 Å². The molecular formula is C32H34N2O6. The first kappa shape index (κ1) is 27.4. The molecule has 2 aliphatic rings. The van der Waals surface area contributed by atoms with Crippen molar-refractivity contribution in [3.05, 3.63) is 95.6 Å². The van der Waals surface area contributed by atoms with E-state index in [0.29, 0.717) is 19.4 Å². The van der Waals surface area contributed by atoms with Crippen LogP contribution in [0.15, 0.2) is 78.9 Å². The van der Waals surface area contributed by atoms with Crippen molar-refractivity contribution >= 4 is 18.0 Å². The summed E-state index contributed by atoms with van der Waals surface area (Å²) in [5.74, 6) is -1.66. The van der Waals surface area contributed by atoms with Crippen LogP contribution in [0.2, 0.25) is 0 Å². The Morgan fingerprint density at radius 2 is 1.55 bits per heavy atom. The fraction of sp³-hybridized carbons (Fsp3) is 0.344. The summed E-state index contributed by atoms with van der Waals surface area (Å²) >= 11 is 0. The highest BCUT2D eigenvalue weighted by Gasteiger charge is 2.39. The molecule has 3 unspecified atom stereocenters. The number of carboxylic acid groups (broad SMARTS) is 1. The SMILES string of the molecule is CC(OCc1ccccc1)C(NC(=O)OCC1c2ccccc2-c2ccccc21)C(=O)N1CCCCC1C(=O)O. The number of hydrogen-bond acceptors (Lipinski definition) is 5. The van der Waals surface area contributed by atoms with Gasteiger partial charge in [0.2, 0.25) is 5.91 Å². The van der Waals surface area contributed by atoms with Gasteiger partial charge in [-0.3, -0.25) is 4.79 Å². The van der Waals surface area contributed by atoms with Crippen LogP contribution in [-0.4, -0.2) is 59.3 Å². The molecule has 1 saturated heterocycles. The van der Waals surface area contributed by atoms with Crippen LogP contribution in [0.1, 0.15) is 48.8 Å². The van der Waals surface area contributed by atoms with Crippen LogP contribution in [-0.2, 0) is 25.7 Å². The van der Waals surface area contributed by atoms with E-state index in [1.165, 1.54) is 4.90 Å². The second kappa shape index (κ2) is 12.3. The smallest absolute Gasteiger partial charge is 0.407 e. The molecule has 208 valence electrons. The molecule has 5 rings (SSSR count). The number of carboxylic acids is 1. The van der Waals surface area contributed by atoms with E-state index in [-0.39, 0.29) is 19.1 Å². The maximum absolute atomic E-state index is 13.7. The summed E-state index contributed by atoms with van der Waals surface area (Å²) in [5.41, 5.74) is 5.33. The van der Waals surface area contributed by atoms with Crippen molar-refractivity contribution in [1.82, 2.24) is 10.2 Å². The minimum Gasteiger partial charge on any atom is -0.480 e. The lowest BCUT2D eigenvalue weighted by molar-refractivity contribution is -0.154. The molecule has 2 amide bonds. The van der Waals surface area contributed by atoms with Gasteiger partial charge in [0.1, 0.15) is 18.7 Å². The summed E-state index contributed by atoms with van der Waals surface area (Å²) in [6, 6.07) is 23.6. The molecule has 1 aliphatic heterocycles. The molecule has 2 N–H and O–H groups in total. The van der Waals surface area contributed by atoms with Crippen LogP contribution in [0.25, 0.3) is 11.1 Å². The van der Waals surface area contributed by atoms with Gasteiger partial charge >= 0.3 is 12.1 Å². The van der Waals surface area contributed by atoms with Crippen molar-refractivity contribution in [3.8, 4) is 11.1 Å². The van der Waals surface area contributed by atoms with Crippen molar-refractivity contribution < 1.29 is 29.0 Å². The first-order valence-corrected chi connectivity index (χ1v) is 13.7. The number of piperidine rings is 1. The molecule has 8 nitrogen and oxygen atoms in total. The van der Waals surface area contributed by atoms with Crippen LogP contribution in [0.5, 0.6) is 0 Å². The number of fused-ring (bicyclic) bond motifs is 3. The quantitative estimate of drug-likeness (QED) is 0.396. The summed E-state index contributed by atoms with van der Waals surface area (Å²) in [5, 5.41) is 12.5. The first-order valence-electron chi connectivity index (χ1n) is 13.7. The number of carbonyl (C=O) groups is 3. The predicted molar refractivity (Wildman–Crippen MR) is 150 cm³/mol. The van der Waals surface area contributed by atoms with Crippen LogP contribution in [0.3, 0.4) is 0 Å². The second-order valence-electron chi connectivity index (χ2n) is 10.3. The summed E-state index contributed by atoms with van der Waals surface area (Å²) in [6.07, 6.45) is 0.319. The van der Waals surface area contributed by atoms with Gasteiger partial charge in [-0.1, -0.05) is 78.9 Å². The van der Waals surface area contributed by atoms with Crippen LogP contribution >= 0.6 is 0 Å². The Bertz CT molecular complexity index is 1310. The Morgan fingerprint density at radius 3 is 2.20 bits per heavy atom. The number of hydrogen-bond donors (Lipinski definition) is 2. The van der Waals surface area contributed by atoms with E-state index in [4.69, 9.17) is 9.47 Å². The van der Waals surface area contributed by atoms with Gasteiger partial charge in [0.15, 0.2) is 0 Å². The summed E-state index contributed by atoms with van der Waals surface area (Å²) in [6.45, 7) is 2.35. The van der Waals surface area contributed by atoms with E-state index >= 15 is 0 Å². The highest BCUT2D eigenvalue weighted by molar-refractivity contribution is 5.90. The van der Waals surface area contributed by atoms with Crippen LogP contribution < -0.4 is 5.32 Å². The minimum absolute atomic E-state index is 0.0987. The molecule has 3 aromatic carbocycles. The lowest BCUT2D eigenvalue weighted by Crippen LogP contribution is -2.59. The van der Waals surface area contributed by atoms with Gasteiger partial charge in [0.25, 0.3) is 0 Å². The molecule has 3 atom stereocenters. The number of amides is 2. The predicted octanol–water partition coefficient (Wildman–Crippen LogP) is 4.96. The normalized spacial score (nSPS) is 17.8. The van der Waals surface area contributed by atoms with Gasteiger partial charge in [-0.15, -0.1) is 0 Å². The lowest BCUT2D eigenvalue weighted by Gasteiger charge is -2.36. The van der Waals surface area contributed by atoms with Crippen molar-refractivity contribution in [3.63, 3.8) is 0 Å². The number of ether oxygens (including phenoxy) is 2. The molecule has 1 heterocycles. The molecule has 0 saturated carbocycles. The van der Waals surface area contributed by atoms with E-state index < -0.39 is 36.2 Å². The standard InChI is InChI=1S/C32H34N2O6/c1-21(39-19-22-11-3-2-4-12-22)29(30(35)34-18-10-9-17-28(34)31(36)37)33-32(38)40-20-27-25-15-7-5-13-23(25)24-14-6-8-16-26(24)27/h2-8,11-16,21,27-29H,9-10,17-20H2,1H3,(H,33,38)(H,36,37). The fourth-order valence-electron chi connectivity index (χ4n) is 5.68. The van der Waals surface area contributed by atoms with Crippen LogP contribution in [0.4, 0.5) is 4.79 Å². The van der Waals surface area contributed by atoms with Gasteiger partial charge in [0, 0.05) is 12.5 Å².